The molecule has 150 valence electrons. The number of imidazole rings is 1. The SMILES string of the molecule is COc1cccc(-c2nc(C(=O)N3CCC(c4ccccc4)CC3)c[nH]2)c1OC. The van der Waals surface area contributed by atoms with Crippen molar-refractivity contribution in [3.63, 3.8) is 0 Å². The number of amides is 1. The normalized spacial score (nSPS) is 14.6. The quantitative estimate of drug-likeness (QED) is 0.711. The van der Waals surface area contributed by atoms with Crippen molar-refractivity contribution in [3.05, 3.63) is 66.0 Å². The number of nitrogens with zero attached hydrogens (tertiary/aromatic N) is 2. The number of carbonyl (C=O) groups excluding carboxylic acids is 1. The van der Waals surface area contributed by atoms with Gasteiger partial charge < -0.3 is 19.4 Å². The molecule has 0 spiro atoms. The highest BCUT2D eigenvalue weighted by Crippen LogP contribution is 2.36. The van der Waals surface area contributed by atoms with Gasteiger partial charge >= 0.3 is 0 Å². The van der Waals surface area contributed by atoms with Gasteiger partial charge in [-0.15, -0.1) is 0 Å². The standard InChI is InChI=1S/C23H25N3O3/c1-28-20-10-6-9-18(21(20)29-2)22-24-15-19(25-22)23(27)26-13-11-17(12-14-26)16-7-4-3-5-8-16/h3-10,15,17H,11-14H2,1-2H3,(H,24,25). The summed E-state index contributed by atoms with van der Waals surface area (Å²) in [6, 6.07) is 16.1. The van der Waals surface area contributed by atoms with Gasteiger partial charge in [-0.1, -0.05) is 36.4 Å². The van der Waals surface area contributed by atoms with E-state index in [1.165, 1.54) is 5.56 Å². The van der Waals surface area contributed by atoms with Crippen LogP contribution in [0.3, 0.4) is 0 Å². The number of hydrogen-bond acceptors (Lipinski definition) is 4. The lowest BCUT2D eigenvalue weighted by molar-refractivity contribution is 0.0707. The lowest BCUT2D eigenvalue weighted by Crippen LogP contribution is -2.38. The molecular formula is C23H25N3O3. The first-order valence-corrected chi connectivity index (χ1v) is 9.82. The van der Waals surface area contributed by atoms with Crippen LogP contribution in [-0.4, -0.2) is 48.1 Å². The summed E-state index contributed by atoms with van der Waals surface area (Å²) in [6.45, 7) is 1.48. The maximum Gasteiger partial charge on any atom is 0.274 e. The first-order valence-electron chi connectivity index (χ1n) is 9.82. The smallest absolute Gasteiger partial charge is 0.274 e. The van der Waals surface area contributed by atoms with Crippen LogP contribution in [0.2, 0.25) is 0 Å². The fourth-order valence-corrected chi connectivity index (χ4v) is 3.95. The van der Waals surface area contributed by atoms with Crippen molar-refractivity contribution in [2.75, 3.05) is 27.3 Å². The molecule has 1 aliphatic rings. The maximum absolute atomic E-state index is 13.0. The third kappa shape index (κ3) is 3.83. The topological polar surface area (TPSA) is 67.5 Å². The Labute approximate surface area is 170 Å². The third-order valence-electron chi connectivity index (χ3n) is 5.51. The molecule has 29 heavy (non-hydrogen) atoms. The van der Waals surface area contributed by atoms with Crippen LogP contribution in [0, 0.1) is 0 Å². The Bertz CT molecular complexity index is 976. The van der Waals surface area contributed by atoms with E-state index in [9.17, 15) is 4.79 Å². The van der Waals surface area contributed by atoms with E-state index in [2.05, 4.69) is 34.2 Å². The Balaban J connectivity index is 1.47. The number of carbonyl (C=O) groups is 1. The van der Waals surface area contributed by atoms with Crippen molar-refractivity contribution < 1.29 is 14.3 Å². The van der Waals surface area contributed by atoms with Gasteiger partial charge in [0.15, 0.2) is 11.5 Å². The van der Waals surface area contributed by atoms with Gasteiger partial charge in [0.2, 0.25) is 0 Å². The number of hydrogen-bond donors (Lipinski definition) is 1. The van der Waals surface area contributed by atoms with E-state index in [1.54, 1.807) is 20.4 Å². The molecule has 6 heteroatoms. The molecule has 1 N–H and O–H groups in total. The molecular weight excluding hydrogens is 366 g/mol. The first kappa shape index (κ1) is 19.1. The molecule has 0 atom stereocenters. The average Bonchev–Trinajstić information content (AvgIpc) is 3.28. The summed E-state index contributed by atoms with van der Waals surface area (Å²) >= 11 is 0. The minimum Gasteiger partial charge on any atom is -0.493 e. The van der Waals surface area contributed by atoms with Crippen LogP contribution in [-0.2, 0) is 0 Å². The largest absolute Gasteiger partial charge is 0.493 e. The van der Waals surface area contributed by atoms with E-state index in [-0.39, 0.29) is 5.91 Å². The van der Waals surface area contributed by atoms with Gasteiger partial charge in [0.1, 0.15) is 11.5 Å². The van der Waals surface area contributed by atoms with E-state index in [1.807, 2.05) is 29.2 Å². The van der Waals surface area contributed by atoms with E-state index in [4.69, 9.17) is 9.47 Å². The number of nitrogens with one attached hydrogen (secondary N) is 1. The Hall–Kier alpha value is -3.28. The molecule has 6 nitrogen and oxygen atoms in total. The zero-order valence-electron chi connectivity index (χ0n) is 16.7. The average molecular weight is 391 g/mol. The second kappa shape index (κ2) is 8.39. The summed E-state index contributed by atoms with van der Waals surface area (Å²) in [6.07, 6.45) is 3.60. The second-order valence-electron chi connectivity index (χ2n) is 7.15. The number of aromatic nitrogens is 2. The van der Waals surface area contributed by atoms with Gasteiger partial charge in [-0.2, -0.15) is 0 Å². The molecule has 2 heterocycles. The van der Waals surface area contributed by atoms with Crippen molar-refractivity contribution in [1.29, 1.82) is 0 Å². The number of para-hydroxylation sites is 1. The minimum atomic E-state index is -0.0409. The molecule has 0 aliphatic carbocycles. The van der Waals surface area contributed by atoms with Crippen molar-refractivity contribution in [1.82, 2.24) is 14.9 Å². The highest BCUT2D eigenvalue weighted by Gasteiger charge is 2.26. The number of rotatable bonds is 5. The lowest BCUT2D eigenvalue weighted by Gasteiger charge is -2.31. The Morgan fingerprint density at radius 3 is 2.48 bits per heavy atom. The number of benzene rings is 2. The zero-order valence-corrected chi connectivity index (χ0v) is 16.7. The Morgan fingerprint density at radius 2 is 1.79 bits per heavy atom. The number of likely N-dealkylation sites (tertiary alicyclic amines) is 1. The van der Waals surface area contributed by atoms with E-state index >= 15 is 0 Å². The van der Waals surface area contributed by atoms with Crippen LogP contribution >= 0.6 is 0 Å². The van der Waals surface area contributed by atoms with Crippen LogP contribution in [0.25, 0.3) is 11.4 Å². The molecule has 0 radical (unpaired) electrons. The summed E-state index contributed by atoms with van der Waals surface area (Å²) in [5.74, 6) is 2.27. The molecule has 0 saturated carbocycles. The lowest BCUT2D eigenvalue weighted by atomic mass is 9.89. The van der Waals surface area contributed by atoms with E-state index < -0.39 is 0 Å². The van der Waals surface area contributed by atoms with Crippen LogP contribution in [0.5, 0.6) is 11.5 Å². The number of aromatic amines is 1. The summed E-state index contributed by atoms with van der Waals surface area (Å²) in [7, 11) is 3.19. The summed E-state index contributed by atoms with van der Waals surface area (Å²) < 4.78 is 10.8. The first-order chi connectivity index (χ1) is 14.2. The predicted octanol–water partition coefficient (Wildman–Crippen LogP) is 4.11. The summed E-state index contributed by atoms with van der Waals surface area (Å²) in [4.78, 5) is 22.5. The molecule has 1 aromatic heterocycles. The summed E-state index contributed by atoms with van der Waals surface area (Å²) in [5, 5.41) is 0. The van der Waals surface area contributed by atoms with E-state index in [0.717, 1.165) is 31.5 Å². The fraction of sp³-hybridized carbons (Fsp3) is 0.304. The fourth-order valence-electron chi connectivity index (χ4n) is 3.95. The number of ether oxygens (including phenoxy) is 2. The molecule has 3 aromatic rings. The molecule has 1 amide bonds. The van der Waals surface area contributed by atoms with Gasteiger partial charge in [0, 0.05) is 19.3 Å². The van der Waals surface area contributed by atoms with Gasteiger partial charge in [-0.05, 0) is 36.5 Å². The van der Waals surface area contributed by atoms with Crippen molar-refractivity contribution in [2.24, 2.45) is 0 Å². The monoisotopic (exact) mass is 391 g/mol. The summed E-state index contributed by atoms with van der Waals surface area (Å²) in [5.41, 5.74) is 2.53. The maximum atomic E-state index is 13.0. The van der Waals surface area contributed by atoms with Gasteiger partial charge in [0.25, 0.3) is 5.91 Å². The highest BCUT2D eigenvalue weighted by molar-refractivity contribution is 5.93. The van der Waals surface area contributed by atoms with Crippen molar-refractivity contribution >= 4 is 5.91 Å². The van der Waals surface area contributed by atoms with E-state index in [0.29, 0.717) is 28.9 Å². The van der Waals surface area contributed by atoms with Crippen LogP contribution in [0.15, 0.2) is 54.7 Å². The van der Waals surface area contributed by atoms with Crippen LogP contribution in [0.1, 0.15) is 34.8 Å². The van der Waals surface area contributed by atoms with Crippen molar-refractivity contribution in [2.45, 2.75) is 18.8 Å². The van der Waals surface area contributed by atoms with Gasteiger partial charge in [-0.3, -0.25) is 4.79 Å². The third-order valence-corrected chi connectivity index (χ3v) is 5.51. The molecule has 0 bridgehead atoms. The minimum absolute atomic E-state index is 0.0409. The Morgan fingerprint density at radius 1 is 1.03 bits per heavy atom. The van der Waals surface area contributed by atoms with Gasteiger partial charge in [0.05, 0.1) is 19.8 Å². The Kier molecular flexibility index (Phi) is 5.51. The van der Waals surface area contributed by atoms with Crippen molar-refractivity contribution in [3.8, 4) is 22.9 Å². The molecule has 0 unspecified atom stereocenters. The zero-order chi connectivity index (χ0) is 20.2. The molecule has 2 aromatic carbocycles. The second-order valence-corrected chi connectivity index (χ2v) is 7.15. The predicted molar refractivity (Wildman–Crippen MR) is 111 cm³/mol. The molecule has 1 saturated heterocycles. The number of piperidine rings is 1. The molecule has 1 fully saturated rings. The molecule has 1 aliphatic heterocycles. The van der Waals surface area contributed by atoms with Crippen LogP contribution in [0.4, 0.5) is 0 Å². The van der Waals surface area contributed by atoms with Gasteiger partial charge in [-0.25, -0.2) is 4.98 Å². The highest BCUT2D eigenvalue weighted by atomic mass is 16.5. The van der Waals surface area contributed by atoms with Crippen LogP contribution < -0.4 is 9.47 Å². The molecule has 4 rings (SSSR count). The number of H-pyrrole nitrogens is 1. The number of methoxy groups -OCH3 is 2.